The van der Waals surface area contributed by atoms with Gasteiger partial charge in [0.1, 0.15) is 51.4 Å². The molecule has 260 valence electrons. The van der Waals surface area contributed by atoms with E-state index in [2.05, 4.69) is 0 Å². The minimum atomic E-state index is -2.04. The molecule has 0 amide bonds. The first-order valence-electron chi connectivity index (χ1n) is 15.9. The number of fused-ring (bicyclic) bond motifs is 3. The van der Waals surface area contributed by atoms with Gasteiger partial charge in [0.25, 0.3) is 9.03 Å². The van der Waals surface area contributed by atoms with Crippen LogP contribution in [0.25, 0.3) is 33.1 Å². The second-order valence-electron chi connectivity index (χ2n) is 11.8. The first-order valence-corrected chi connectivity index (χ1v) is 17.8. The number of para-hydroxylation sites is 1. The highest BCUT2D eigenvalue weighted by molar-refractivity contribution is 7.32. The third-order valence-corrected chi connectivity index (χ3v) is 9.99. The molecule has 6 aromatic rings. The maximum atomic E-state index is 6.82. The van der Waals surface area contributed by atoms with E-state index in [0.29, 0.717) is 51.2 Å². The van der Waals surface area contributed by atoms with Gasteiger partial charge in [-0.2, -0.15) is 0 Å². The number of benzene rings is 5. The summed E-state index contributed by atoms with van der Waals surface area (Å²) in [6.45, 7) is 9.87. The van der Waals surface area contributed by atoms with Crippen LogP contribution in [0, 0.1) is 34.6 Å². The zero-order chi connectivity index (χ0) is 35.5. The Morgan fingerprint density at radius 2 is 0.960 bits per heavy atom. The average Bonchev–Trinajstić information content (AvgIpc) is 3.27. The van der Waals surface area contributed by atoms with Gasteiger partial charge in [-0.25, -0.2) is 0 Å². The van der Waals surface area contributed by atoms with Gasteiger partial charge in [0.15, 0.2) is 0 Å². The van der Waals surface area contributed by atoms with E-state index in [1.165, 1.54) is 0 Å². The zero-order valence-corrected chi connectivity index (χ0v) is 31.4. The van der Waals surface area contributed by atoms with Crippen molar-refractivity contribution in [3.05, 3.63) is 101 Å². The van der Waals surface area contributed by atoms with Crippen LogP contribution < -0.4 is 32.5 Å². The van der Waals surface area contributed by atoms with E-state index in [0.717, 1.165) is 49.9 Å². The SMILES string of the molecule is COc1cc(C)c(OPOc2ccccc2C)c(-c2cc(OC)cc(C)c2Op2oc3c(C)cc(OC)cc3c3cc(OC)cc(C)c3o2)c1. The molecule has 9 nitrogen and oxygen atoms in total. The lowest BCUT2D eigenvalue weighted by Gasteiger charge is -2.19. The molecule has 50 heavy (non-hydrogen) atoms. The van der Waals surface area contributed by atoms with Crippen LogP contribution in [0.15, 0.2) is 81.2 Å². The summed E-state index contributed by atoms with van der Waals surface area (Å²) in [5.41, 5.74) is 7.12. The summed E-state index contributed by atoms with van der Waals surface area (Å²) in [5, 5.41) is 1.63. The van der Waals surface area contributed by atoms with Crippen LogP contribution in [0.1, 0.15) is 27.8 Å². The van der Waals surface area contributed by atoms with E-state index < -0.39 is 8.24 Å². The smallest absolute Gasteiger partial charge is 0.453 e. The van der Waals surface area contributed by atoms with Crippen molar-refractivity contribution in [2.75, 3.05) is 28.4 Å². The van der Waals surface area contributed by atoms with Crippen LogP contribution in [0.2, 0.25) is 0 Å². The quantitative estimate of drug-likeness (QED) is 0.122. The molecule has 0 saturated carbocycles. The standard InChI is InChI=1S/C39H40O9P2/c1-22-12-10-11-13-35(22)44-49-45-36-23(2)14-27(40-6)18-31(36)32-19-28(41-7)15-24(3)37(32)46-50-47-38-25(4)16-29(42-8)20-33(38)34-21-30(43-9)17-26(5)39(34)48-50/h10-21,49H,1-9H3. The molecule has 6 rings (SSSR count). The monoisotopic (exact) mass is 714 g/mol. The molecule has 1 aromatic heterocycles. The Kier molecular flexibility index (Phi) is 10.4. The minimum absolute atomic E-state index is 0.310. The Hall–Kier alpha value is -4.97. The maximum Gasteiger partial charge on any atom is 0.453 e. The molecule has 1 heterocycles. The molecular formula is C39H40O9P2. The summed E-state index contributed by atoms with van der Waals surface area (Å²) in [6.07, 6.45) is 0. The van der Waals surface area contributed by atoms with E-state index in [1.807, 2.05) is 107 Å². The predicted octanol–water partition coefficient (Wildman–Crippen LogP) is 11.3. The van der Waals surface area contributed by atoms with Gasteiger partial charge in [-0.15, -0.1) is 0 Å². The molecule has 5 aromatic carbocycles. The Morgan fingerprint density at radius 3 is 1.48 bits per heavy atom. The first kappa shape index (κ1) is 34.9. The van der Waals surface area contributed by atoms with Crippen LogP contribution in [0.3, 0.4) is 0 Å². The number of aryl methyl sites for hydroxylation is 5. The Labute approximate surface area is 294 Å². The van der Waals surface area contributed by atoms with Gasteiger partial charge in [-0.05, 0) is 117 Å². The van der Waals surface area contributed by atoms with Crippen LogP contribution in [-0.4, -0.2) is 28.4 Å². The van der Waals surface area contributed by atoms with Crippen molar-refractivity contribution >= 4 is 39.2 Å². The minimum Gasteiger partial charge on any atom is -0.497 e. The predicted molar refractivity (Wildman–Crippen MR) is 200 cm³/mol. The molecule has 0 bridgehead atoms. The molecule has 0 radical (unpaired) electrons. The van der Waals surface area contributed by atoms with Crippen LogP contribution in [0.5, 0.6) is 40.2 Å². The van der Waals surface area contributed by atoms with Crippen molar-refractivity contribution in [3.8, 4) is 51.4 Å². The second-order valence-corrected chi connectivity index (χ2v) is 13.4. The third-order valence-electron chi connectivity index (χ3n) is 8.40. The summed E-state index contributed by atoms with van der Waals surface area (Å²) in [5.74, 6) is 4.62. The summed E-state index contributed by atoms with van der Waals surface area (Å²) < 4.78 is 55.3. The summed E-state index contributed by atoms with van der Waals surface area (Å²) in [6, 6.07) is 23.2. The zero-order valence-electron chi connectivity index (χ0n) is 29.5. The summed E-state index contributed by atoms with van der Waals surface area (Å²) in [4.78, 5) is 0. The van der Waals surface area contributed by atoms with Crippen molar-refractivity contribution in [2.45, 2.75) is 34.6 Å². The fourth-order valence-corrected chi connectivity index (χ4v) is 7.79. The van der Waals surface area contributed by atoms with E-state index >= 15 is 0 Å². The fourth-order valence-electron chi connectivity index (χ4n) is 5.79. The normalized spacial score (nSPS) is 11.2. The number of hydrogen-bond donors (Lipinski definition) is 0. The molecule has 0 aliphatic rings. The van der Waals surface area contributed by atoms with Gasteiger partial charge < -0.3 is 40.9 Å². The maximum absolute atomic E-state index is 6.82. The molecule has 0 spiro atoms. The number of methoxy groups -OCH3 is 4. The van der Waals surface area contributed by atoms with E-state index in [9.17, 15) is 0 Å². The number of rotatable bonds is 11. The molecule has 0 fully saturated rings. The van der Waals surface area contributed by atoms with E-state index in [1.54, 1.807) is 28.4 Å². The molecular weight excluding hydrogens is 674 g/mol. The number of hydrogen-bond acceptors (Lipinski definition) is 9. The van der Waals surface area contributed by atoms with Crippen molar-refractivity contribution in [1.29, 1.82) is 0 Å². The number of ether oxygens (including phenoxy) is 4. The summed E-state index contributed by atoms with van der Waals surface area (Å²) >= 11 is 0. The van der Waals surface area contributed by atoms with Gasteiger partial charge >= 0.3 is 8.24 Å². The highest BCUT2D eigenvalue weighted by Crippen LogP contribution is 2.49. The lowest BCUT2D eigenvalue weighted by Crippen LogP contribution is -1.97. The highest BCUT2D eigenvalue weighted by atomic mass is 31.1. The van der Waals surface area contributed by atoms with Crippen LogP contribution in [-0.2, 0) is 0 Å². The van der Waals surface area contributed by atoms with E-state index in [4.69, 9.17) is 40.9 Å². The fraction of sp³-hybridized carbons (Fsp3) is 0.231. The van der Waals surface area contributed by atoms with E-state index in [-0.39, 0.29) is 9.03 Å². The van der Waals surface area contributed by atoms with Crippen molar-refractivity contribution in [3.63, 3.8) is 0 Å². The molecule has 1 unspecified atom stereocenters. The lowest BCUT2D eigenvalue weighted by molar-refractivity contribution is 0.412. The molecule has 0 N–H and O–H groups in total. The van der Waals surface area contributed by atoms with Crippen molar-refractivity contribution in [2.24, 2.45) is 0 Å². The van der Waals surface area contributed by atoms with Gasteiger partial charge in [0.05, 0.1) is 28.4 Å². The largest absolute Gasteiger partial charge is 0.497 e. The molecule has 1 atom stereocenters. The average molecular weight is 715 g/mol. The second kappa shape index (κ2) is 14.9. The molecule has 11 heteroatoms. The van der Waals surface area contributed by atoms with Gasteiger partial charge in [0.2, 0.25) is 0 Å². The molecule has 0 saturated heterocycles. The van der Waals surface area contributed by atoms with Crippen LogP contribution >= 0.6 is 17.3 Å². The Morgan fingerprint density at radius 1 is 0.500 bits per heavy atom. The van der Waals surface area contributed by atoms with Gasteiger partial charge in [-0.3, -0.25) is 0 Å². The molecule has 0 aliphatic carbocycles. The topological polar surface area (TPSA) is 90.9 Å². The first-order chi connectivity index (χ1) is 24.1. The van der Waals surface area contributed by atoms with Crippen molar-refractivity contribution < 1.29 is 40.9 Å². The molecule has 0 aliphatic heterocycles. The van der Waals surface area contributed by atoms with Gasteiger partial charge in [0, 0.05) is 21.9 Å². The third kappa shape index (κ3) is 7.02. The van der Waals surface area contributed by atoms with Crippen molar-refractivity contribution in [1.82, 2.24) is 0 Å². The lowest BCUT2D eigenvalue weighted by atomic mass is 9.98. The highest BCUT2D eigenvalue weighted by Gasteiger charge is 2.23. The summed E-state index contributed by atoms with van der Waals surface area (Å²) in [7, 11) is 4.21. The van der Waals surface area contributed by atoms with Gasteiger partial charge in [-0.1, -0.05) is 18.2 Å². The Bertz CT molecular complexity index is 2170. The van der Waals surface area contributed by atoms with Crippen LogP contribution in [0.4, 0.5) is 0 Å². The Balaban J connectivity index is 1.54.